The maximum atomic E-state index is 12.1. The second-order valence-electron chi connectivity index (χ2n) is 5.78. The third-order valence-electron chi connectivity index (χ3n) is 3.82. The number of carbonyl (C=O) groups excluding carboxylic acids is 3. The lowest BCUT2D eigenvalue weighted by Gasteiger charge is -2.23. The van der Waals surface area contributed by atoms with Crippen molar-refractivity contribution in [3.05, 3.63) is 54.1 Å². The van der Waals surface area contributed by atoms with Gasteiger partial charge < -0.3 is 14.8 Å². The zero-order chi connectivity index (χ0) is 20.1. The second-order valence-corrected chi connectivity index (χ2v) is 7.03. The molecule has 1 aliphatic rings. The van der Waals surface area contributed by atoms with E-state index in [1.165, 1.54) is 36.0 Å². The quantitative estimate of drug-likeness (QED) is 0.559. The first-order chi connectivity index (χ1) is 13.4. The number of alkyl halides is 2. The van der Waals surface area contributed by atoms with Gasteiger partial charge in [0.05, 0.1) is 17.4 Å². The van der Waals surface area contributed by atoms with Crippen LogP contribution in [0.25, 0.3) is 0 Å². The minimum absolute atomic E-state index is 0.0795. The Morgan fingerprint density at radius 2 is 1.82 bits per heavy atom. The van der Waals surface area contributed by atoms with Crippen molar-refractivity contribution >= 4 is 35.1 Å². The number of anilines is 1. The van der Waals surface area contributed by atoms with Crippen LogP contribution >= 0.6 is 11.8 Å². The Labute approximate surface area is 163 Å². The van der Waals surface area contributed by atoms with Crippen LogP contribution in [0.5, 0.6) is 5.75 Å². The number of Topliss-reactive ketones (excluding diaryl/α,β-unsaturated/α-hetero) is 1. The molecule has 1 N–H and O–H groups in total. The lowest BCUT2D eigenvalue weighted by Crippen LogP contribution is -2.31. The summed E-state index contributed by atoms with van der Waals surface area (Å²) in [6, 6.07) is 12.3. The van der Waals surface area contributed by atoms with E-state index in [1.807, 2.05) is 12.1 Å². The summed E-state index contributed by atoms with van der Waals surface area (Å²) in [4.78, 5) is 37.0. The summed E-state index contributed by atoms with van der Waals surface area (Å²) in [5.74, 6) is -1.56. The number of amides is 1. The summed E-state index contributed by atoms with van der Waals surface area (Å²) in [6.07, 6.45) is -0.181. The molecule has 0 bridgehead atoms. The molecule has 0 fully saturated rings. The van der Waals surface area contributed by atoms with E-state index in [0.717, 1.165) is 4.90 Å². The van der Waals surface area contributed by atoms with Gasteiger partial charge in [0.2, 0.25) is 5.91 Å². The van der Waals surface area contributed by atoms with Crippen molar-refractivity contribution in [3.63, 3.8) is 0 Å². The molecule has 2 aromatic rings. The summed E-state index contributed by atoms with van der Waals surface area (Å²) < 4.78 is 33.4. The Balaban J connectivity index is 1.50. The molecule has 2 aromatic carbocycles. The third-order valence-corrected chi connectivity index (χ3v) is 5.10. The molecular weight excluding hydrogens is 392 g/mol. The first-order valence-corrected chi connectivity index (χ1v) is 9.10. The van der Waals surface area contributed by atoms with Crippen LogP contribution in [0.2, 0.25) is 0 Å². The van der Waals surface area contributed by atoms with Gasteiger partial charge in [0.15, 0.2) is 12.4 Å². The molecule has 0 saturated carbocycles. The number of carbonyl (C=O) groups is 3. The van der Waals surface area contributed by atoms with Gasteiger partial charge in [-0.05, 0) is 36.4 Å². The number of thioether (sulfide) groups is 1. The Morgan fingerprint density at radius 3 is 2.54 bits per heavy atom. The summed E-state index contributed by atoms with van der Waals surface area (Å²) in [6.45, 7) is -3.46. The van der Waals surface area contributed by atoms with Crippen LogP contribution in [0.3, 0.4) is 0 Å². The third kappa shape index (κ3) is 5.07. The molecule has 146 valence electrons. The first kappa shape index (κ1) is 19.8. The van der Waals surface area contributed by atoms with Gasteiger partial charge in [-0.15, -0.1) is 11.8 Å². The molecule has 0 aromatic heterocycles. The molecule has 0 aliphatic carbocycles. The van der Waals surface area contributed by atoms with Crippen molar-refractivity contribution in [2.45, 2.75) is 23.2 Å². The fraction of sp³-hybridized carbons (Fsp3) is 0.211. The maximum Gasteiger partial charge on any atom is 0.387 e. The maximum absolute atomic E-state index is 12.1. The van der Waals surface area contributed by atoms with Crippen LogP contribution in [0.15, 0.2) is 53.4 Å². The van der Waals surface area contributed by atoms with E-state index in [9.17, 15) is 23.2 Å². The lowest BCUT2D eigenvalue weighted by atomic mass is 10.1. The van der Waals surface area contributed by atoms with E-state index in [2.05, 4.69) is 10.1 Å². The number of halogens is 2. The van der Waals surface area contributed by atoms with Gasteiger partial charge >= 0.3 is 12.6 Å². The van der Waals surface area contributed by atoms with Crippen molar-refractivity contribution < 1.29 is 32.6 Å². The van der Waals surface area contributed by atoms with Crippen molar-refractivity contribution in [3.8, 4) is 5.75 Å². The number of benzene rings is 2. The SMILES string of the molecule is O=C(C[C@H]1Sc2ccccc2NC1=O)OCC(=O)c1ccc(OC(F)F)cc1. The molecule has 6 nitrogen and oxygen atoms in total. The van der Waals surface area contributed by atoms with Crippen LogP contribution in [-0.2, 0) is 14.3 Å². The topological polar surface area (TPSA) is 81.7 Å². The van der Waals surface area contributed by atoms with E-state index >= 15 is 0 Å². The molecular formula is C19H15F2NO5S. The Hall–Kier alpha value is -2.94. The van der Waals surface area contributed by atoms with E-state index in [0.29, 0.717) is 5.69 Å². The van der Waals surface area contributed by atoms with Gasteiger partial charge in [0.1, 0.15) is 5.75 Å². The monoisotopic (exact) mass is 407 g/mol. The molecule has 0 unspecified atom stereocenters. The standard InChI is InChI=1S/C19H15F2NO5S/c20-19(21)27-12-7-5-11(6-8-12)14(23)10-26-17(24)9-16-18(25)22-13-3-1-2-4-15(13)28-16/h1-8,16,19H,9-10H2,(H,22,25)/t16-/m1/s1. The molecule has 0 saturated heterocycles. The van der Waals surface area contributed by atoms with Gasteiger partial charge in [0, 0.05) is 10.5 Å². The Kier molecular flexibility index (Phi) is 6.25. The minimum Gasteiger partial charge on any atom is -0.457 e. The zero-order valence-electron chi connectivity index (χ0n) is 14.4. The average molecular weight is 407 g/mol. The van der Waals surface area contributed by atoms with E-state index in [-0.39, 0.29) is 23.6 Å². The van der Waals surface area contributed by atoms with Crippen LogP contribution in [0.4, 0.5) is 14.5 Å². The highest BCUT2D eigenvalue weighted by molar-refractivity contribution is 8.01. The van der Waals surface area contributed by atoms with Gasteiger partial charge in [-0.25, -0.2) is 0 Å². The van der Waals surface area contributed by atoms with Gasteiger partial charge in [-0.3, -0.25) is 14.4 Å². The molecule has 9 heteroatoms. The lowest BCUT2D eigenvalue weighted by molar-refractivity contribution is -0.143. The smallest absolute Gasteiger partial charge is 0.387 e. The van der Waals surface area contributed by atoms with E-state index in [4.69, 9.17) is 4.74 Å². The molecule has 1 aliphatic heterocycles. The predicted molar refractivity (Wildman–Crippen MR) is 97.7 cm³/mol. The fourth-order valence-electron chi connectivity index (χ4n) is 2.49. The number of hydrogen-bond donors (Lipinski definition) is 1. The highest BCUT2D eigenvalue weighted by Gasteiger charge is 2.29. The predicted octanol–water partition coefficient (Wildman–Crippen LogP) is 3.52. The van der Waals surface area contributed by atoms with Crippen LogP contribution < -0.4 is 10.1 Å². The average Bonchev–Trinajstić information content (AvgIpc) is 2.67. The van der Waals surface area contributed by atoms with E-state index < -0.39 is 30.2 Å². The van der Waals surface area contributed by atoms with Gasteiger partial charge in [-0.2, -0.15) is 8.78 Å². The fourth-order valence-corrected chi connectivity index (χ4v) is 3.58. The largest absolute Gasteiger partial charge is 0.457 e. The molecule has 1 heterocycles. The number of para-hydroxylation sites is 1. The van der Waals surface area contributed by atoms with Crippen molar-refractivity contribution in [2.75, 3.05) is 11.9 Å². The molecule has 3 rings (SSSR count). The Morgan fingerprint density at radius 1 is 1.11 bits per heavy atom. The minimum atomic E-state index is -2.95. The number of esters is 1. The number of nitrogens with one attached hydrogen (secondary N) is 1. The molecule has 0 radical (unpaired) electrons. The molecule has 1 amide bonds. The summed E-state index contributed by atoms with van der Waals surface area (Å²) in [7, 11) is 0. The Bertz CT molecular complexity index is 888. The highest BCUT2D eigenvalue weighted by Crippen LogP contribution is 2.36. The van der Waals surface area contributed by atoms with Crippen LogP contribution in [0, 0.1) is 0 Å². The number of rotatable bonds is 7. The van der Waals surface area contributed by atoms with Gasteiger partial charge in [-0.1, -0.05) is 12.1 Å². The van der Waals surface area contributed by atoms with Crippen molar-refractivity contribution in [2.24, 2.45) is 0 Å². The zero-order valence-corrected chi connectivity index (χ0v) is 15.2. The van der Waals surface area contributed by atoms with E-state index in [1.54, 1.807) is 12.1 Å². The van der Waals surface area contributed by atoms with Gasteiger partial charge in [0.25, 0.3) is 0 Å². The number of ether oxygens (including phenoxy) is 2. The van der Waals surface area contributed by atoms with Crippen molar-refractivity contribution in [1.29, 1.82) is 0 Å². The van der Waals surface area contributed by atoms with Crippen molar-refractivity contribution in [1.82, 2.24) is 0 Å². The highest BCUT2D eigenvalue weighted by atomic mass is 32.2. The first-order valence-electron chi connectivity index (χ1n) is 8.22. The van der Waals surface area contributed by atoms with Crippen LogP contribution in [0.1, 0.15) is 16.8 Å². The number of ketones is 1. The number of fused-ring (bicyclic) bond motifs is 1. The summed E-state index contributed by atoms with van der Waals surface area (Å²) >= 11 is 1.26. The summed E-state index contributed by atoms with van der Waals surface area (Å²) in [5.41, 5.74) is 0.879. The molecule has 1 atom stereocenters. The molecule has 0 spiro atoms. The second kappa shape index (κ2) is 8.83. The summed E-state index contributed by atoms with van der Waals surface area (Å²) in [5, 5.41) is 2.08. The van der Waals surface area contributed by atoms with Crippen LogP contribution in [-0.4, -0.2) is 36.1 Å². The molecule has 28 heavy (non-hydrogen) atoms. The number of hydrogen-bond acceptors (Lipinski definition) is 6. The normalized spacial score (nSPS) is 15.5.